The Hall–Kier alpha value is -2.47. The molecule has 0 aliphatic rings. The third kappa shape index (κ3) is 3.26. The van der Waals surface area contributed by atoms with Gasteiger partial charge in [-0.3, -0.25) is 9.78 Å². The van der Waals surface area contributed by atoms with E-state index in [0.29, 0.717) is 18.1 Å². The van der Waals surface area contributed by atoms with Crippen LogP contribution in [0.25, 0.3) is 0 Å². The largest absolute Gasteiger partial charge is 0.336 e. The minimum atomic E-state index is -0.158. The smallest absolute Gasteiger partial charge is 0.272 e. The van der Waals surface area contributed by atoms with E-state index in [2.05, 4.69) is 15.4 Å². The van der Waals surface area contributed by atoms with Crippen molar-refractivity contribution in [1.29, 1.82) is 0 Å². The van der Waals surface area contributed by atoms with Crippen molar-refractivity contribution < 1.29 is 4.79 Å². The summed E-state index contributed by atoms with van der Waals surface area (Å²) in [6, 6.07) is 8.83. The van der Waals surface area contributed by atoms with Crippen LogP contribution in [0.2, 0.25) is 0 Å². The molecule has 3 N–H and O–H groups in total. The van der Waals surface area contributed by atoms with Gasteiger partial charge in [0.05, 0.1) is 0 Å². The Morgan fingerprint density at radius 2 is 2.05 bits per heavy atom. The van der Waals surface area contributed by atoms with Gasteiger partial charge in [-0.25, -0.2) is 10.8 Å². The molecule has 0 unspecified atom stereocenters. The van der Waals surface area contributed by atoms with Crippen molar-refractivity contribution in [2.45, 2.75) is 6.54 Å². The van der Waals surface area contributed by atoms with Crippen LogP contribution in [0, 0.1) is 0 Å². The van der Waals surface area contributed by atoms with Gasteiger partial charge in [0.2, 0.25) is 0 Å². The van der Waals surface area contributed by atoms with E-state index in [4.69, 9.17) is 5.84 Å². The molecular weight excluding hydrogens is 242 g/mol. The number of nitrogen functional groups attached to an aromatic ring is 1. The molecule has 6 heteroatoms. The molecule has 0 fully saturated rings. The highest BCUT2D eigenvalue weighted by atomic mass is 16.2. The summed E-state index contributed by atoms with van der Waals surface area (Å²) in [5.74, 6) is 5.58. The first kappa shape index (κ1) is 13.0. The first-order chi connectivity index (χ1) is 9.20. The zero-order chi connectivity index (χ0) is 13.7. The number of pyridine rings is 2. The van der Waals surface area contributed by atoms with Crippen molar-refractivity contribution in [2.75, 3.05) is 12.5 Å². The number of rotatable bonds is 4. The van der Waals surface area contributed by atoms with E-state index in [9.17, 15) is 4.79 Å². The number of hydrogen-bond donors (Lipinski definition) is 2. The number of nitrogens with zero attached hydrogens (tertiary/aromatic N) is 3. The van der Waals surface area contributed by atoms with Crippen LogP contribution in [0.1, 0.15) is 16.1 Å². The summed E-state index contributed by atoms with van der Waals surface area (Å²) in [6.45, 7) is 0.503. The molecule has 0 aliphatic heterocycles. The Bertz CT molecular complexity index is 558. The quantitative estimate of drug-likeness (QED) is 0.631. The highest BCUT2D eigenvalue weighted by molar-refractivity contribution is 5.92. The molecule has 0 bridgehead atoms. The topological polar surface area (TPSA) is 84.1 Å². The molecule has 1 amide bonds. The van der Waals surface area contributed by atoms with Gasteiger partial charge in [0.1, 0.15) is 11.5 Å². The second-order valence-electron chi connectivity index (χ2n) is 4.07. The molecule has 0 aliphatic carbocycles. The van der Waals surface area contributed by atoms with Crippen molar-refractivity contribution in [3.63, 3.8) is 0 Å². The van der Waals surface area contributed by atoms with E-state index >= 15 is 0 Å². The molecular formula is C13H15N5O. The zero-order valence-electron chi connectivity index (χ0n) is 10.6. The fourth-order valence-electron chi connectivity index (χ4n) is 1.66. The monoisotopic (exact) mass is 257 g/mol. The van der Waals surface area contributed by atoms with Crippen LogP contribution in [0.3, 0.4) is 0 Å². The lowest BCUT2D eigenvalue weighted by molar-refractivity contribution is 0.0779. The highest BCUT2D eigenvalue weighted by Crippen LogP contribution is 2.08. The van der Waals surface area contributed by atoms with Crippen LogP contribution in [0.4, 0.5) is 5.82 Å². The molecule has 0 saturated heterocycles. The first-order valence-electron chi connectivity index (χ1n) is 5.79. The summed E-state index contributed by atoms with van der Waals surface area (Å²) in [4.78, 5) is 21.8. The summed E-state index contributed by atoms with van der Waals surface area (Å²) in [6.07, 6.45) is 3.40. The predicted octanol–water partition coefficient (Wildman–Crippen LogP) is 1.03. The van der Waals surface area contributed by atoms with Gasteiger partial charge in [-0.2, -0.15) is 0 Å². The molecule has 98 valence electrons. The van der Waals surface area contributed by atoms with Crippen molar-refractivity contribution in [1.82, 2.24) is 14.9 Å². The van der Waals surface area contributed by atoms with E-state index in [1.807, 2.05) is 12.1 Å². The number of amides is 1. The number of nitrogens with two attached hydrogens (primary N) is 1. The maximum absolute atomic E-state index is 12.2. The fraction of sp³-hybridized carbons (Fsp3) is 0.154. The van der Waals surface area contributed by atoms with Gasteiger partial charge >= 0.3 is 0 Å². The summed E-state index contributed by atoms with van der Waals surface area (Å²) in [7, 11) is 1.73. The second kappa shape index (κ2) is 5.92. The van der Waals surface area contributed by atoms with Gasteiger partial charge in [-0.15, -0.1) is 0 Å². The number of nitrogens with one attached hydrogen (secondary N) is 1. The third-order valence-corrected chi connectivity index (χ3v) is 2.63. The highest BCUT2D eigenvalue weighted by Gasteiger charge is 2.13. The van der Waals surface area contributed by atoms with Crippen molar-refractivity contribution >= 4 is 11.7 Å². The summed E-state index contributed by atoms with van der Waals surface area (Å²) >= 11 is 0. The number of hydrazine groups is 1. The predicted molar refractivity (Wildman–Crippen MR) is 72.1 cm³/mol. The molecule has 0 saturated carbocycles. The van der Waals surface area contributed by atoms with E-state index in [1.165, 1.54) is 0 Å². The number of aromatic nitrogens is 2. The van der Waals surface area contributed by atoms with Crippen LogP contribution in [0.5, 0.6) is 0 Å². The summed E-state index contributed by atoms with van der Waals surface area (Å²) in [5.41, 5.74) is 3.79. The Morgan fingerprint density at radius 1 is 1.32 bits per heavy atom. The average Bonchev–Trinajstić information content (AvgIpc) is 2.47. The minimum Gasteiger partial charge on any atom is -0.336 e. The first-order valence-corrected chi connectivity index (χ1v) is 5.79. The van der Waals surface area contributed by atoms with Crippen molar-refractivity contribution in [2.24, 2.45) is 5.84 Å². The van der Waals surface area contributed by atoms with Crippen LogP contribution >= 0.6 is 0 Å². The lowest BCUT2D eigenvalue weighted by Gasteiger charge is -2.16. The number of carbonyl (C=O) groups is 1. The van der Waals surface area contributed by atoms with Gasteiger partial charge in [-0.1, -0.05) is 6.07 Å². The zero-order valence-corrected chi connectivity index (χ0v) is 10.6. The van der Waals surface area contributed by atoms with Gasteiger partial charge in [0.25, 0.3) is 5.91 Å². The average molecular weight is 257 g/mol. The van der Waals surface area contributed by atoms with Crippen molar-refractivity contribution in [3.8, 4) is 0 Å². The molecule has 2 heterocycles. The van der Waals surface area contributed by atoms with Crippen LogP contribution < -0.4 is 11.3 Å². The Labute approximate surface area is 111 Å². The molecule has 19 heavy (non-hydrogen) atoms. The lowest BCUT2D eigenvalue weighted by Crippen LogP contribution is -2.27. The standard InChI is InChI=1S/C13H15N5O/c1-18(9-10-5-7-15-8-6-10)13(19)11-3-2-4-12(16-11)17-14/h2-8H,9,14H2,1H3,(H,16,17). The van der Waals surface area contributed by atoms with Crippen LogP contribution in [-0.4, -0.2) is 27.8 Å². The molecule has 0 radical (unpaired) electrons. The molecule has 0 aromatic carbocycles. The van der Waals surface area contributed by atoms with Gasteiger partial charge in [0, 0.05) is 26.0 Å². The van der Waals surface area contributed by atoms with E-state index in [-0.39, 0.29) is 5.91 Å². The summed E-state index contributed by atoms with van der Waals surface area (Å²) < 4.78 is 0. The van der Waals surface area contributed by atoms with Crippen molar-refractivity contribution in [3.05, 3.63) is 54.0 Å². The van der Waals surface area contributed by atoms with Crippen LogP contribution in [-0.2, 0) is 6.54 Å². The van der Waals surface area contributed by atoms with Crippen LogP contribution in [0.15, 0.2) is 42.7 Å². The molecule has 6 nitrogen and oxygen atoms in total. The normalized spacial score (nSPS) is 10.0. The third-order valence-electron chi connectivity index (χ3n) is 2.63. The maximum atomic E-state index is 12.2. The maximum Gasteiger partial charge on any atom is 0.272 e. The van der Waals surface area contributed by atoms with Gasteiger partial charge in [0.15, 0.2) is 0 Å². The molecule has 2 aromatic rings. The lowest BCUT2D eigenvalue weighted by atomic mass is 10.2. The Kier molecular flexibility index (Phi) is 4.04. The number of anilines is 1. The minimum absolute atomic E-state index is 0.158. The summed E-state index contributed by atoms with van der Waals surface area (Å²) in [5, 5.41) is 0. The second-order valence-corrected chi connectivity index (χ2v) is 4.07. The fourth-order valence-corrected chi connectivity index (χ4v) is 1.66. The van der Waals surface area contributed by atoms with E-state index < -0.39 is 0 Å². The number of carbonyl (C=O) groups excluding carboxylic acids is 1. The number of hydrogen-bond acceptors (Lipinski definition) is 5. The molecule has 2 aromatic heterocycles. The molecule has 0 spiro atoms. The molecule has 2 rings (SSSR count). The SMILES string of the molecule is CN(Cc1ccncc1)C(=O)c1cccc(NN)n1. The van der Waals surface area contributed by atoms with E-state index in [1.54, 1.807) is 42.5 Å². The Morgan fingerprint density at radius 3 is 2.74 bits per heavy atom. The van der Waals surface area contributed by atoms with Gasteiger partial charge in [-0.05, 0) is 29.8 Å². The van der Waals surface area contributed by atoms with Gasteiger partial charge < -0.3 is 10.3 Å². The Balaban J connectivity index is 2.10. The van der Waals surface area contributed by atoms with E-state index in [0.717, 1.165) is 5.56 Å². The molecule has 0 atom stereocenters.